The highest BCUT2D eigenvalue weighted by atomic mass is 35.5. The molecule has 3 heteroatoms. The third kappa shape index (κ3) is 3.44. The van der Waals surface area contributed by atoms with Crippen LogP contribution >= 0.6 is 11.6 Å². The van der Waals surface area contributed by atoms with E-state index in [1.165, 1.54) is 18.5 Å². The third-order valence-electron chi connectivity index (χ3n) is 3.82. The second kappa shape index (κ2) is 5.85. The highest BCUT2D eigenvalue weighted by Crippen LogP contribution is 2.23. The molecule has 0 saturated carbocycles. The minimum atomic E-state index is 0.649. The van der Waals surface area contributed by atoms with E-state index in [1.807, 2.05) is 12.1 Å². The van der Waals surface area contributed by atoms with Crippen molar-refractivity contribution in [3.63, 3.8) is 0 Å². The van der Waals surface area contributed by atoms with E-state index in [0.717, 1.165) is 30.6 Å². The molecule has 0 spiro atoms. The Hall–Kier alpha value is -0.570. The summed E-state index contributed by atoms with van der Waals surface area (Å²) in [6.45, 7) is 6.44. The van der Waals surface area contributed by atoms with Crippen LogP contribution in [-0.4, -0.2) is 24.5 Å². The van der Waals surface area contributed by atoms with Gasteiger partial charge in [-0.05, 0) is 49.0 Å². The van der Waals surface area contributed by atoms with Gasteiger partial charge < -0.3 is 5.73 Å². The average Bonchev–Trinajstić information content (AvgIpc) is 2.34. The number of piperidine rings is 1. The summed E-state index contributed by atoms with van der Waals surface area (Å²) in [6, 6.07) is 8.14. The normalized spacial score (nSPS) is 26.1. The molecule has 1 aliphatic heterocycles. The standard InChI is InChI=1S/C14H21ClN2/c1-11-6-7-17(10-13(11)8-16)9-12-2-4-14(15)5-3-12/h2-5,11,13H,6-10,16H2,1H3. The summed E-state index contributed by atoms with van der Waals surface area (Å²) in [6.07, 6.45) is 1.26. The van der Waals surface area contributed by atoms with Crippen molar-refractivity contribution in [2.45, 2.75) is 19.9 Å². The smallest absolute Gasteiger partial charge is 0.0406 e. The van der Waals surface area contributed by atoms with E-state index in [1.54, 1.807) is 0 Å². The van der Waals surface area contributed by atoms with Gasteiger partial charge in [0.05, 0.1) is 0 Å². The van der Waals surface area contributed by atoms with Gasteiger partial charge in [-0.3, -0.25) is 4.90 Å². The molecule has 1 heterocycles. The van der Waals surface area contributed by atoms with Crippen LogP contribution < -0.4 is 5.73 Å². The first-order chi connectivity index (χ1) is 8.19. The second-order valence-electron chi connectivity index (χ2n) is 5.12. The minimum Gasteiger partial charge on any atom is -0.330 e. The lowest BCUT2D eigenvalue weighted by Crippen LogP contribution is -2.42. The van der Waals surface area contributed by atoms with Crippen LogP contribution in [0.4, 0.5) is 0 Å². The molecule has 1 aliphatic rings. The van der Waals surface area contributed by atoms with Crippen molar-refractivity contribution in [3.05, 3.63) is 34.9 Å². The molecule has 2 unspecified atom stereocenters. The maximum atomic E-state index is 5.89. The van der Waals surface area contributed by atoms with Gasteiger partial charge in [0, 0.05) is 18.1 Å². The van der Waals surface area contributed by atoms with Crippen LogP contribution in [0.2, 0.25) is 5.02 Å². The molecular formula is C14H21ClN2. The minimum absolute atomic E-state index is 0.649. The fourth-order valence-electron chi connectivity index (χ4n) is 2.52. The molecule has 0 radical (unpaired) electrons. The maximum absolute atomic E-state index is 5.89. The van der Waals surface area contributed by atoms with Crippen LogP contribution in [0.5, 0.6) is 0 Å². The Balaban J connectivity index is 1.93. The zero-order valence-electron chi connectivity index (χ0n) is 10.4. The van der Waals surface area contributed by atoms with Gasteiger partial charge in [0.1, 0.15) is 0 Å². The van der Waals surface area contributed by atoms with Crippen molar-refractivity contribution in [2.75, 3.05) is 19.6 Å². The quantitative estimate of drug-likeness (QED) is 0.897. The molecule has 1 aromatic rings. The number of benzene rings is 1. The Morgan fingerprint density at radius 3 is 2.71 bits per heavy atom. The van der Waals surface area contributed by atoms with Crippen molar-refractivity contribution in [1.82, 2.24) is 4.90 Å². The van der Waals surface area contributed by atoms with Crippen molar-refractivity contribution >= 4 is 11.6 Å². The summed E-state index contributed by atoms with van der Waals surface area (Å²) in [5.74, 6) is 1.41. The lowest BCUT2D eigenvalue weighted by atomic mass is 9.87. The maximum Gasteiger partial charge on any atom is 0.0406 e. The number of hydrogen-bond donors (Lipinski definition) is 1. The molecule has 1 fully saturated rings. The van der Waals surface area contributed by atoms with Crippen LogP contribution in [0, 0.1) is 11.8 Å². The molecule has 17 heavy (non-hydrogen) atoms. The first-order valence-electron chi connectivity index (χ1n) is 6.36. The molecule has 0 amide bonds. The fraction of sp³-hybridized carbons (Fsp3) is 0.571. The van der Waals surface area contributed by atoms with Gasteiger partial charge in [-0.1, -0.05) is 30.7 Å². The summed E-state index contributed by atoms with van der Waals surface area (Å²) < 4.78 is 0. The SMILES string of the molecule is CC1CCN(Cc2ccc(Cl)cc2)CC1CN. The van der Waals surface area contributed by atoms with Crippen molar-refractivity contribution in [2.24, 2.45) is 17.6 Å². The van der Waals surface area contributed by atoms with Gasteiger partial charge in [0.25, 0.3) is 0 Å². The Kier molecular flexibility index (Phi) is 4.43. The van der Waals surface area contributed by atoms with Crippen LogP contribution in [0.3, 0.4) is 0 Å². The predicted octanol–water partition coefficient (Wildman–Crippen LogP) is 2.76. The summed E-state index contributed by atoms with van der Waals surface area (Å²) in [5.41, 5.74) is 7.16. The summed E-state index contributed by atoms with van der Waals surface area (Å²) in [4.78, 5) is 2.50. The molecule has 0 aromatic heterocycles. The fourth-order valence-corrected chi connectivity index (χ4v) is 2.65. The molecule has 94 valence electrons. The van der Waals surface area contributed by atoms with Crippen LogP contribution in [-0.2, 0) is 6.54 Å². The van der Waals surface area contributed by atoms with Gasteiger partial charge in [0.2, 0.25) is 0 Å². The Morgan fingerprint density at radius 1 is 1.35 bits per heavy atom. The highest BCUT2D eigenvalue weighted by molar-refractivity contribution is 6.30. The molecular weight excluding hydrogens is 232 g/mol. The van der Waals surface area contributed by atoms with Gasteiger partial charge >= 0.3 is 0 Å². The molecule has 2 rings (SSSR count). The molecule has 2 N–H and O–H groups in total. The molecule has 2 atom stereocenters. The Bertz CT molecular complexity index is 350. The van der Waals surface area contributed by atoms with Crippen LogP contribution in [0.25, 0.3) is 0 Å². The third-order valence-corrected chi connectivity index (χ3v) is 4.07. The number of likely N-dealkylation sites (tertiary alicyclic amines) is 1. The Labute approximate surface area is 109 Å². The monoisotopic (exact) mass is 252 g/mol. The molecule has 2 nitrogen and oxygen atoms in total. The van der Waals surface area contributed by atoms with Crippen molar-refractivity contribution in [3.8, 4) is 0 Å². The van der Waals surface area contributed by atoms with E-state index in [4.69, 9.17) is 17.3 Å². The molecule has 0 bridgehead atoms. The predicted molar refractivity (Wildman–Crippen MR) is 73.1 cm³/mol. The molecule has 0 aliphatic carbocycles. The van der Waals surface area contributed by atoms with Gasteiger partial charge in [0.15, 0.2) is 0 Å². The van der Waals surface area contributed by atoms with E-state index in [-0.39, 0.29) is 0 Å². The zero-order valence-corrected chi connectivity index (χ0v) is 11.2. The van der Waals surface area contributed by atoms with E-state index < -0.39 is 0 Å². The van der Waals surface area contributed by atoms with E-state index in [9.17, 15) is 0 Å². The second-order valence-corrected chi connectivity index (χ2v) is 5.56. The van der Waals surface area contributed by atoms with Crippen molar-refractivity contribution < 1.29 is 0 Å². The van der Waals surface area contributed by atoms with E-state index in [2.05, 4.69) is 24.0 Å². The van der Waals surface area contributed by atoms with Crippen LogP contribution in [0.15, 0.2) is 24.3 Å². The summed E-state index contributed by atoms with van der Waals surface area (Å²) in [7, 11) is 0. The number of halogens is 1. The van der Waals surface area contributed by atoms with Gasteiger partial charge in [-0.15, -0.1) is 0 Å². The largest absolute Gasteiger partial charge is 0.330 e. The summed E-state index contributed by atoms with van der Waals surface area (Å²) in [5, 5.41) is 0.806. The lowest BCUT2D eigenvalue weighted by molar-refractivity contribution is 0.126. The lowest BCUT2D eigenvalue weighted by Gasteiger charge is -2.36. The number of nitrogens with zero attached hydrogens (tertiary/aromatic N) is 1. The first-order valence-corrected chi connectivity index (χ1v) is 6.73. The molecule has 1 saturated heterocycles. The van der Waals surface area contributed by atoms with Gasteiger partial charge in [-0.2, -0.15) is 0 Å². The van der Waals surface area contributed by atoms with Gasteiger partial charge in [-0.25, -0.2) is 0 Å². The zero-order chi connectivity index (χ0) is 12.3. The molecule has 1 aromatic carbocycles. The Morgan fingerprint density at radius 2 is 2.06 bits per heavy atom. The average molecular weight is 253 g/mol. The summed E-state index contributed by atoms with van der Waals surface area (Å²) >= 11 is 5.89. The number of hydrogen-bond acceptors (Lipinski definition) is 2. The highest BCUT2D eigenvalue weighted by Gasteiger charge is 2.24. The number of rotatable bonds is 3. The van der Waals surface area contributed by atoms with Crippen LogP contribution in [0.1, 0.15) is 18.9 Å². The van der Waals surface area contributed by atoms with E-state index >= 15 is 0 Å². The van der Waals surface area contributed by atoms with E-state index in [0.29, 0.717) is 5.92 Å². The topological polar surface area (TPSA) is 29.3 Å². The number of nitrogens with two attached hydrogens (primary N) is 1. The first kappa shape index (κ1) is 12.9. The van der Waals surface area contributed by atoms with Crippen molar-refractivity contribution in [1.29, 1.82) is 0 Å².